The average molecular weight is 407 g/mol. The molecule has 0 radical (unpaired) electrons. The van der Waals surface area contributed by atoms with Crippen LogP contribution in [0.15, 0.2) is 29.5 Å². The third kappa shape index (κ3) is 4.36. The Morgan fingerprint density at radius 3 is 2.54 bits per heavy atom. The number of carbonyl (C=O) groups is 2. The Morgan fingerprint density at radius 1 is 1.18 bits per heavy atom. The second-order valence-corrected chi connectivity index (χ2v) is 7.64. The van der Waals surface area contributed by atoms with Crippen molar-refractivity contribution in [3.63, 3.8) is 0 Å². The number of thioether (sulfide) groups is 1. The van der Waals surface area contributed by atoms with E-state index in [0.29, 0.717) is 34.9 Å². The van der Waals surface area contributed by atoms with Gasteiger partial charge < -0.3 is 24.8 Å². The van der Waals surface area contributed by atoms with Crippen molar-refractivity contribution in [2.75, 3.05) is 52.5 Å². The molecule has 2 heterocycles. The van der Waals surface area contributed by atoms with Gasteiger partial charge in [-0.15, -0.1) is 0 Å². The highest BCUT2D eigenvalue weighted by atomic mass is 32.2. The zero-order valence-corrected chi connectivity index (χ0v) is 17.1. The molecule has 0 bridgehead atoms. The van der Waals surface area contributed by atoms with Crippen molar-refractivity contribution >= 4 is 23.8 Å². The second-order valence-electron chi connectivity index (χ2n) is 6.42. The van der Waals surface area contributed by atoms with Crippen LogP contribution >= 0.6 is 11.8 Å². The molecule has 0 unspecified atom stereocenters. The first-order valence-electron chi connectivity index (χ1n) is 8.98. The first-order chi connectivity index (χ1) is 13.6. The van der Waals surface area contributed by atoms with Crippen molar-refractivity contribution in [2.45, 2.75) is 6.04 Å². The molecule has 1 fully saturated rings. The summed E-state index contributed by atoms with van der Waals surface area (Å²) in [5.74, 6) is 2.68. The lowest BCUT2D eigenvalue weighted by molar-refractivity contribution is -0.136. The van der Waals surface area contributed by atoms with E-state index in [4.69, 9.17) is 14.2 Å². The predicted octanol–water partition coefficient (Wildman–Crippen LogP) is 1.53. The molecule has 2 aliphatic heterocycles. The van der Waals surface area contributed by atoms with Crippen LogP contribution < -0.4 is 20.1 Å². The molecule has 2 amide bonds. The first-order valence-corrected chi connectivity index (χ1v) is 10.1. The third-order valence-corrected chi connectivity index (χ3v) is 5.73. The Balaban J connectivity index is 2.00. The van der Waals surface area contributed by atoms with Crippen LogP contribution in [0.4, 0.5) is 4.79 Å². The summed E-state index contributed by atoms with van der Waals surface area (Å²) in [4.78, 5) is 27.2. The maximum Gasteiger partial charge on any atom is 0.338 e. The number of ether oxygens (including phenoxy) is 3. The van der Waals surface area contributed by atoms with Gasteiger partial charge in [0.15, 0.2) is 11.5 Å². The molecule has 0 aliphatic carbocycles. The molecule has 1 aromatic rings. The molecule has 0 saturated carbocycles. The minimum atomic E-state index is -0.643. The summed E-state index contributed by atoms with van der Waals surface area (Å²) < 4.78 is 15.7. The topological polar surface area (TPSA) is 89.1 Å². The molecule has 1 aromatic carbocycles. The third-order valence-electron chi connectivity index (χ3n) is 4.79. The van der Waals surface area contributed by atoms with Crippen molar-refractivity contribution < 1.29 is 23.8 Å². The van der Waals surface area contributed by atoms with Gasteiger partial charge >= 0.3 is 12.0 Å². The summed E-state index contributed by atoms with van der Waals surface area (Å²) in [5, 5.41) is 5.63. The maximum atomic E-state index is 12.6. The molecule has 3 rings (SSSR count). The molecule has 28 heavy (non-hydrogen) atoms. The lowest BCUT2D eigenvalue weighted by atomic mass is 9.94. The van der Waals surface area contributed by atoms with Crippen LogP contribution in [-0.2, 0) is 9.53 Å². The number of hydrogen-bond acceptors (Lipinski definition) is 7. The molecule has 2 N–H and O–H groups in total. The fraction of sp³-hybridized carbons (Fsp3) is 0.474. The largest absolute Gasteiger partial charge is 0.493 e. The van der Waals surface area contributed by atoms with Gasteiger partial charge in [-0.1, -0.05) is 6.07 Å². The number of carbonyl (C=O) groups excluding carboxylic acids is 2. The van der Waals surface area contributed by atoms with Crippen LogP contribution in [0.1, 0.15) is 11.6 Å². The Hall–Kier alpha value is -2.39. The first kappa shape index (κ1) is 20.3. The molecule has 9 heteroatoms. The highest BCUT2D eigenvalue weighted by molar-refractivity contribution is 7.99. The van der Waals surface area contributed by atoms with E-state index in [1.807, 2.05) is 11.8 Å². The number of nitrogens with one attached hydrogen (secondary N) is 2. The SMILES string of the molecule is COC(=O)C1=C(CN2CCSCC2)NC(=O)N[C@@H]1c1ccc(OC)c(OC)c1. The second kappa shape index (κ2) is 9.20. The van der Waals surface area contributed by atoms with E-state index >= 15 is 0 Å². The molecule has 152 valence electrons. The van der Waals surface area contributed by atoms with Gasteiger partial charge in [0.05, 0.1) is 32.9 Å². The Kier molecular flexibility index (Phi) is 6.69. The quantitative estimate of drug-likeness (QED) is 0.692. The minimum Gasteiger partial charge on any atom is -0.493 e. The summed E-state index contributed by atoms with van der Waals surface area (Å²) in [5.41, 5.74) is 1.68. The predicted molar refractivity (Wildman–Crippen MR) is 107 cm³/mol. The average Bonchev–Trinajstić information content (AvgIpc) is 2.73. The van der Waals surface area contributed by atoms with Crippen LogP contribution in [0.25, 0.3) is 0 Å². The number of rotatable bonds is 6. The van der Waals surface area contributed by atoms with E-state index < -0.39 is 12.0 Å². The molecule has 2 aliphatic rings. The van der Waals surface area contributed by atoms with Gasteiger partial charge in [0.1, 0.15) is 0 Å². The Morgan fingerprint density at radius 2 is 1.89 bits per heavy atom. The summed E-state index contributed by atoms with van der Waals surface area (Å²) in [6.07, 6.45) is 0. The Bertz CT molecular complexity index is 777. The lowest BCUT2D eigenvalue weighted by Gasteiger charge is -2.33. The molecular weight excluding hydrogens is 382 g/mol. The van der Waals surface area contributed by atoms with Crippen LogP contribution in [0, 0.1) is 0 Å². The van der Waals surface area contributed by atoms with Crippen LogP contribution in [0.5, 0.6) is 11.5 Å². The monoisotopic (exact) mass is 407 g/mol. The van der Waals surface area contributed by atoms with Gasteiger partial charge in [-0.05, 0) is 17.7 Å². The van der Waals surface area contributed by atoms with Crippen molar-refractivity contribution in [3.05, 3.63) is 35.0 Å². The van der Waals surface area contributed by atoms with E-state index in [1.165, 1.54) is 7.11 Å². The zero-order chi connectivity index (χ0) is 20.1. The van der Waals surface area contributed by atoms with Gasteiger partial charge in [0.25, 0.3) is 0 Å². The van der Waals surface area contributed by atoms with Crippen molar-refractivity contribution in [3.8, 4) is 11.5 Å². The van der Waals surface area contributed by atoms with Gasteiger partial charge in [-0.3, -0.25) is 4.90 Å². The molecule has 1 saturated heterocycles. The molecular formula is C19H25N3O5S. The fourth-order valence-corrected chi connectivity index (χ4v) is 4.34. The number of nitrogens with zero attached hydrogens (tertiary/aromatic N) is 1. The zero-order valence-electron chi connectivity index (χ0n) is 16.2. The van der Waals surface area contributed by atoms with Crippen LogP contribution in [-0.4, -0.2) is 69.4 Å². The normalized spacial score (nSPS) is 20.2. The number of benzene rings is 1. The molecule has 0 spiro atoms. The van der Waals surface area contributed by atoms with Crippen molar-refractivity contribution in [2.24, 2.45) is 0 Å². The van der Waals surface area contributed by atoms with E-state index in [1.54, 1.807) is 32.4 Å². The standard InChI is InChI=1S/C19H25N3O5S/c1-25-14-5-4-12(10-15(14)26-2)17-16(18(23)27-3)13(20-19(24)21-17)11-22-6-8-28-9-7-22/h4-5,10,17H,6-9,11H2,1-3H3,(H2,20,21,24)/t17-/m1/s1. The van der Waals surface area contributed by atoms with E-state index in [0.717, 1.165) is 24.6 Å². The van der Waals surface area contributed by atoms with Gasteiger partial charge in [0, 0.05) is 36.8 Å². The number of methoxy groups -OCH3 is 3. The minimum absolute atomic E-state index is 0.353. The van der Waals surface area contributed by atoms with Crippen molar-refractivity contribution in [1.29, 1.82) is 0 Å². The fourth-order valence-electron chi connectivity index (χ4n) is 3.36. The number of hydrogen-bond donors (Lipinski definition) is 2. The van der Waals surface area contributed by atoms with E-state index in [2.05, 4.69) is 15.5 Å². The molecule has 8 nitrogen and oxygen atoms in total. The van der Waals surface area contributed by atoms with Crippen LogP contribution in [0.2, 0.25) is 0 Å². The lowest BCUT2D eigenvalue weighted by Crippen LogP contribution is -2.49. The number of esters is 1. The smallest absolute Gasteiger partial charge is 0.338 e. The summed E-state index contributed by atoms with van der Waals surface area (Å²) in [7, 11) is 4.44. The van der Waals surface area contributed by atoms with Crippen LogP contribution in [0.3, 0.4) is 0 Å². The number of urea groups is 1. The van der Waals surface area contributed by atoms with Gasteiger partial charge in [0.2, 0.25) is 0 Å². The van der Waals surface area contributed by atoms with E-state index in [-0.39, 0.29) is 6.03 Å². The van der Waals surface area contributed by atoms with Gasteiger partial charge in [-0.2, -0.15) is 11.8 Å². The summed E-state index contributed by atoms with van der Waals surface area (Å²) in [6.45, 7) is 2.31. The summed E-state index contributed by atoms with van der Waals surface area (Å²) >= 11 is 1.90. The van der Waals surface area contributed by atoms with Crippen molar-refractivity contribution in [1.82, 2.24) is 15.5 Å². The molecule has 0 aromatic heterocycles. The highest BCUT2D eigenvalue weighted by Gasteiger charge is 2.34. The summed E-state index contributed by atoms with van der Waals surface area (Å²) in [6, 6.07) is 4.31. The van der Waals surface area contributed by atoms with E-state index in [9.17, 15) is 9.59 Å². The molecule has 1 atom stereocenters. The maximum absolute atomic E-state index is 12.6. The highest BCUT2D eigenvalue weighted by Crippen LogP contribution is 2.34. The number of amides is 2. The van der Waals surface area contributed by atoms with Gasteiger partial charge in [-0.25, -0.2) is 9.59 Å². The Labute approximate surface area is 168 Å².